The lowest BCUT2D eigenvalue weighted by Crippen LogP contribution is -2.47. The molecule has 1 aliphatic heterocycles. The lowest BCUT2D eigenvalue weighted by atomic mass is 9.86. The number of alkyl halides is 3. The van der Waals surface area contributed by atoms with Gasteiger partial charge in [-0.15, -0.1) is 0 Å². The maximum atomic E-state index is 13.0. The molecule has 8 heteroatoms. The van der Waals surface area contributed by atoms with Crippen molar-refractivity contribution in [3.63, 3.8) is 0 Å². The summed E-state index contributed by atoms with van der Waals surface area (Å²) in [7, 11) is 0. The SMILES string of the molecule is O=C(Cc1cccc(F)c1)N1CCC(C(=O)O)(C(F)(F)F)C1. The van der Waals surface area contributed by atoms with Crippen LogP contribution < -0.4 is 0 Å². The van der Waals surface area contributed by atoms with Gasteiger partial charge in [0, 0.05) is 13.1 Å². The average Bonchev–Trinajstić information content (AvgIpc) is 2.84. The van der Waals surface area contributed by atoms with Crippen LogP contribution in [0.1, 0.15) is 12.0 Å². The summed E-state index contributed by atoms with van der Waals surface area (Å²) in [6, 6.07) is 5.16. The van der Waals surface area contributed by atoms with Crippen molar-refractivity contribution in [3.8, 4) is 0 Å². The molecule has 1 aliphatic rings. The molecule has 1 atom stereocenters. The Bertz CT molecular complexity index is 602. The molecule has 0 radical (unpaired) electrons. The molecule has 1 saturated heterocycles. The lowest BCUT2D eigenvalue weighted by Gasteiger charge is -2.27. The van der Waals surface area contributed by atoms with Crippen LogP contribution in [0.2, 0.25) is 0 Å². The number of carboxylic acids is 1. The van der Waals surface area contributed by atoms with Gasteiger partial charge in [0.15, 0.2) is 5.41 Å². The third-order valence-electron chi connectivity index (χ3n) is 3.82. The van der Waals surface area contributed by atoms with Crippen LogP contribution in [-0.4, -0.2) is 41.1 Å². The molecular formula is C14H13F4NO3. The van der Waals surface area contributed by atoms with Gasteiger partial charge in [0.2, 0.25) is 5.91 Å². The highest BCUT2D eigenvalue weighted by Crippen LogP contribution is 2.45. The summed E-state index contributed by atoms with van der Waals surface area (Å²) in [4.78, 5) is 23.9. The molecule has 22 heavy (non-hydrogen) atoms. The summed E-state index contributed by atoms with van der Waals surface area (Å²) in [5, 5.41) is 8.92. The number of nitrogens with zero attached hydrogens (tertiary/aromatic N) is 1. The second-order valence-electron chi connectivity index (χ2n) is 5.26. The number of carbonyl (C=O) groups excluding carboxylic acids is 1. The summed E-state index contributed by atoms with van der Waals surface area (Å²) in [6.45, 7) is -1.21. The Labute approximate surface area is 123 Å². The van der Waals surface area contributed by atoms with Crippen LogP contribution in [-0.2, 0) is 16.0 Å². The number of carboxylic acid groups (broad SMARTS) is 1. The van der Waals surface area contributed by atoms with Gasteiger partial charge in [0.25, 0.3) is 0 Å². The van der Waals surface area contributed by atoms with Crippen molar-refractivity contribution in [2.45, 2.75) is 19.0 Å². The molecule has 0 saturated carbocycles. The number of rotatable bonds is 3. The van der Waals surface area contributed by atoms with Crippen LogP contribution in [0.15, 0.2) is 24.3 Å². The van der Waals surface area contributed by atoms with E-state index in [4.69, 9.17) is 5.11 Å². The zero-order valence-electron chi connectivity index (χ0n) is 11.4. The highest BCUT2D eigenvalue weighted by molar-refractivity contribution is 5.82. The first kappa shape index (κ1) is 16.3. The maximum Gasteiger partial charge on any atom is 0.406 e. The van der Waals surface area contributed by atoms with Crippen LogP contribution in [0.3, 0.4) is 0 Å². The van der Waals surface area contributed by atoms with Crippen molar-refractivity contribution < 1.29 is 32.3 Å². The van der Waals surface area contributed by atoms with Gasteiger partial charge in [-0.1, -0.05) is 12.1 Å². The van der Waals surface area contributed by atoms with E-state index in [2.05, 4.69) is 0 Å². The lowest BCUT2D eigenvalue weighted by molar-refractivity contribution is -0.227. The molecule has 0 aliphatic carbocycles. The molecule has 1 aromatic carbocycles. The minimum Gasteiger partial charge on any atom is -0.481 e. The molecule has 2 rings (SSSR count). The fourth-order valence-electron chi connectivity index (χ4n) is 2.48. The number of likely N-dealkylation sites (tertiary alicyclic amines) is 1. The maximum absolute atomic E-state index is 13.0. The van der Waals surface area contributed by atoms with E-state index in [1.807, 2.05) is 0 Å². The Morgan fingerprint density at radius 1 is 1.32 bits per heavy atom. The van der Waals surface area contributed by atoms with Gasteiger partial charge in [0.05, 0.1) is 6.42 Å². The van der Waals surface area contributed by atoms with Crippen molar-refractivity contribution in [3.05, 3.63) is 35.6 Å². The van der Waals surface area contributed by atoms with E-state index in [0.717, 1.165) is 11.0 Å². The van der Waals surface area contributed by atoms with Crippen molar-refractivity contribution in [2.24, 2.45) is 5.41 Å². The third-order valence-corrected chi connectivity index (χ3v) is 3.82. The van der Waals surface area contributed by atoms with E-state index in [1.165, 1.54) is 18.2 Å². The molecule has 120 valence electrons. The first-order valence-electron chi connectivity index (χ1n) is 6.48. The Kier molecular flexibility index (Phi) is 4.12. The van der Waals surface area contributed by atoms with Gasteiger partial charge in [0.1, 0.15) is 5.82 Å². The highest BCUT2D eigenvalue weighted by Gasteiger charge is 2.64. The normalized spacial score (nSPS) is 21.9. The Morgan fingerprint density at radius 3 is 2.50 bits per heavy atom. The Hall–Kier alpha value is -2.12. The number of carbonyl (C=O) groups is 2. The third kappa shape index (κ3) is 2.90. The van der Waals surface area contributed by atoms with Gasteiger partial charge < -0.3 is 10.0 Å². The van der Waals surface area contributed by atoms with Crippen molar-refractivity contribution in [1.82, 2.24) is 4.90 Å². The molecule has 1 fully saturated rings. The monoisotopic (exact) mass is 319 g/mol. The first-order valence-corrected chi connectivity index (χ1v) is 6.48. The molecule has 1 amide bonds. The second kappa shape index (κ2) is 5.58. The zero-order chi connectivity index (χ0) is 16.5. The van der Waals surface area contributed by atoms with Gasteiger partial charge >= 0.3 is 12.1 Å². The van der Waals surface area contributed by atoms with Gasteiger partial charge in [-0.3, -0.25) is 9.59 Å². The summed E-state index contributed by atoms with van der Waals surface area (Å²) in [5.41, 5.74) is -2.60. The molecule has 1 unspecified atom stereocenters. The van der Waals surface area contributed by atoms with Crippen LogP contribution in [0.25, 0.3) is 0 Å². The van der Waals surface area contributed by atoms with E-state index in [1.54, 1.807) is 0 Å². The van der Waals surface area contributed by atoms with Crippen LogP contribution in [0.5, 0.6) is 0 Å². The predicted molar refractivity (Wildman–Crippen MR) is 67.4 cm³/mol. The molecule has 0 bridgehead atoms. The fraction of sp³-hybridized carbons (Fsp3) is 0.429. The number of aliphatic carboxylic acids is 1. The molecule has 0 aromatic heterocycles. The smallest absolute Gasteiger partial charge is 0.406 e. The van der Waals surface area contributed by atoms with E-state index < -0.39 is 42.3 Å². The molecular weight excluding hydrogens is 306 g/mol. The van der Waals surface area contributed by atoms with Crippen LogP contribution in [0, 0.1) is 11.2 Å². The number of amides is 1. The number of hydrogen-bond acceptors (Lipinski definition) is 2. The topological polar surface area (TPSA) is 57.6 Å². The molecule has 0 spiro atoms. The summed E-state index contributed by atoms with van der Waals surface area (Å²) in [5.74, 6) is -3.19. The van der Waals surface area contributed by atoms with Gasteiger partial charge in [-0.2, -0.15) is 13.2 Å². The Balaban J connectivity index is 2.12. The van der Waals surface area contributed by atoms with Gasteiger partial charge in [-0.05, 0) is 24.1 Å². The largest absolute Gasteiger partial charge is 0.481 e. The number of halogens is 4. The van der Waals surface area contributed by atoms with Crippen molar-refractivity contribution in [1.29, 1.82) is 0 Å². The Morgan fingerprint density at radius 2 is 2.00 bits per heavy atom. The van der Waals surface area contributed by atoms with E-state index >= 15 is 0 Å². The minimum absolute atomic E-state index is 0.273. The van der Waals surface area contributed by atoms with Crippen molar-refractivity contribution in [2.75, 3.05) is 13.1 Å². The molecule has 1 aromatic rings. The van der Waals surface area contributed by atoms with E-state index in [-0.39, 0.29) is 13.0 Å². The summed E-state index contributed by atoms with van der Waals surface area (Å²) >= 11 is 0. The van der Waals surface area contributed by atoms with Crippen LogP contribution in [0.4, 0.5) is 17.6 Å². The second-order valence-corrected chi connectivity index (χ2v) is 5.26. The standard InChI is InChI=1S/C14H13F4NO3/c15-10-3-1-2-9(6-10)7-11(20)19-5-4-13(8-19,12(21)22)14(16,17)18/h1-3,6H,4-5,7-8H2,(H,21,22). The van der Waals surface area contributed by atoms with Gasteiger partial charge in [-0.25, -0.2) is 4.39 Å². The first-order chi connectivity index (χ1) is 10.2. The minimum atomic E-state index is -4.94. The molecule has 1 N–H and O–H groups in total. The molecule has 1 heterocycles. The quantitative estimate of drug-likeness (QED) is 0.869. The fourth-order valence-corrected chi connectivity index (χ4v) is 2.48. The summed E-state index contributed by atoms with van der Waals surface area (Å²) < 4.78 is 52.1. The zero-order valence-corrected chi connectivity index (χ0v) is 11.4. The number of hydrogen-bond donors (Lipinski definition) is 1. The van der Waals surface area contributed by atoms with E-state index in [0.29, 0.717) is 5.56 Å². The summed E-state index contributed by atoms with van der Waals surface area (Å²) in [6.07, 6.45) is -5.89. The highest BCUT2D eigenvalue weighted by atomic mass is 19.4. The average molecular weight is 319 g/mol. The number of benzene rings is 1. The van der Waals surface area contributed by atoms with Crippen molar-refractivity contribution >= 4 is 11.9 Å². The predicted octanol–water partition coefficient (Wildman–Crippen LogP) is 2.23. The molecule has 4 nitrogen and oxygen atoms in total. The van der Waals surface area contributed by atoms with E-state index in [9.17, 15) is 27.2 Å². The van der Waals surface area contributed by atoms with Crippen LogP contribution >= 0.6 is 0 Å².